The Hall–Kier alpha value is -1.72. The van der Waals surface area contributed by atoms with Crippen LogP contribution < -0.4 is 10.1 Å². The summed E-state index contributed by atoms with van der Waals surface area (Å²) in [4.78, 5) is 11.3. The van der Waals surface area contributed by atoms with Crippen molar-refractivity contribution in [1.82, 2.24) is 15.1 Å². The van der Waals surface area contributed by atoms with Crippen molar-refractivity contribution in [1.29, 1.82) is 0 Å². The minimum atomic E-state index is -0.473. The predicted molar refractivity (Wildman–Crippen MR) is 63.0 cm³/mol. The Bertz CT molecular complexity index is 368. The Kier molecular flexibility index (Phi) is 4.37. The lowest BCUT2D eigenvalue weighted by atomic mass is 10.2. The van der Waals surface area contributed by atoms with Gasteiger partial charge in [-0.2, -0.15) is 5.10 Å². The molecule has 0 spiro atoms. The van der Waals surface area contributed by atoms with Gasteiger partial charge in [0.15, 0.2) is 5.75 Å². The zero-order valence-corrected chi connectivity index (χ0v) is 10.7. The minimum Gasteiger partial charge on any atom is -0.493 e. The van der Waals surface area contributed by atoms with Crippen molar-refractivity contribution < 1.29 is 14.3 Å². The van der Waals surface area contributed by atoms with E-state index in [2.05, 4.69) is 10.4 Å². The number of carbonyl (C=O) groups is 1. The Morgan fingerprint density at radius 3 is 2.76 bits per heavy atom. The maximum absolute atomic E-state index is 11.3. The summed E-state index contributed by atoms with van der Waals surface area (Å²) in [5.41, 5.74) is -0.473. The second kappa shape index (κ2) is 5.56. The third kappa shape index (κ3) is 5.24. The first-order valence-electron chi connectivity index (χ1n) is 5.44. The maximum atomic E-state index is 11.3. The molecule has 0 saturated carbocycles. The number of amides is 1. The lowest BCUT2D eigenvalue weighted by molar-refractivity contribution is 0.0525. The number of hydrogen-bond acceptors (Lipinski definition) is 4. The molecule has 0 unspecified atom stereocenters. The maximum Gasteiger partial charge on any atom is 0.407 e. The molecule has 1 heterocycles. The van der Waals surface area contributed by atoms with Gasteiger partial charge in [0.2, 0.25) is 0 Å². The highest BCUT2D eigenvalue weighted by molar-refractivity contribution is 5.67. The summed E-state index contributed by atoms with van der Waals surface area (Å²) in [5.74, 6) is 0.697. The van der Waals surface area contributed by atoms with Crippen LogP contribution in [0.4, 0.5) is 4.79 Å². The van der Waals surface area contributed by atoms with Gasteiger partial charge in [-0.15, -0.1) is 0 Å². The molecule has 96 valence electrons. The second-order valence-electron chi connectivity index (χ2n) is 4.57. The highest BCUT2D eigenvalue weighted by atomic mass is 16.6. The van der Waals surface area contributed by atoms with Crippen LogP contribution in [0.2, 0.25) is 0 Å². The van der Waals surface area contributed by atoms with E-state index in [-0.39, 0.29) is 0 Å². The van der Waals surface area contributed by atoms with Crippen LogP contribution in [-0.4, -0.2) is 35.1 Å². The lowest BCUT2D eigenvalue weighted by Gasteiger charge is -2.19. The van der Waals surface area contributed by atoms with Gasteiger partial charge in [0.1, 0.15) is 5.60 Å². The topological polar surface area (TPSA) is 65.4 Å². The van der Waals surface area contributed by atoms with Crippen LogP contribution in [0.15, 0.2) is 12.4 Å². The Balaban J connectivity index is 2.26. The van der Waals surface area contributed by atoms with Crippen LogP contribution in [0.1, 0.15) is 20.8 Å². The number of methoxy groups -OCH3 is 1. The van der Waals surface area contributed by atoms with E-state index in [1.54, 1.807) is 24.2 Å². The predicted octanol–water partition coefficient (Wildman–Crippen LogP) is 1.42. The molecule has 0 aliphatic carbocycles. The molecule has 1 amide bonds. The molecular formula is C11H19N3O3. The normalized spacial score (nSPS) is 11.1. The number of ether oxygens (including phenoxy) is 2. The van der Waals surface area contributed by atoms with E-state index in [0.29, 0.717) is 18.8 Å². The molecule has 1 N–H and O–H groups in total. The van der Waals surface area contributed by atoms with Gasteiger partial charge in [-0.3, -0.25) is 4.68 Å². The molecule has 0 radical (unpaired) electrons. The van der Waals surface area contributed by atoms with Crippen molar-refractivity contribution in [3.05, 3.63) is 12.4 Å². The molecule has 0 fully saturated rings. The molecular weight excluding hydrogens is 222 g/mol. The van der Waals surface area contributed by atoms with E-state index in [9.17, 15) is 4.79 Å². The molecule has 1 aromatic rings. The molecule has 0 aromatic carbocycles. The molecule has 0 aliphatic rings. The number of rotatable bonds is 4. The summed E-state index contributed by atoms with van der Waals surface area (Å²) < 4.78 is 11.8. The summed E-state index contributed by atoms with van der Waals surface area (Å²) in [6.07, 6.45) is 2.96. The van der Waals surface area contributed by atoms with Crippen LogP contribution in [-0.2, 0) is 11.3 Å². The summed E-state index contributed by atoms with van der Waals surface area (Å²) in [6.45, 7) is 6.50. The summed E-state index contributed by atoms with van der Waals surface area (Å²) in [7, 11) is 1.58. The molecule has 1 aromatic heterocycles. The fraction of sp³-hybridized carbons (Fsp3) is 0.636. The van der Waals surface area contributed by atoms with E-state index in [4.69, 9.17) is 9.47 Å². The molecule has 0 bridgehead atoms. The Labute approximate surface area is 101 Å². The van der Waals surface area contributed by atoms with Crippen LogP contribution in [0.3, 0.4) is 0 Å². The van der Waals surface area contributed by atoms with E-state index in [1.807, 2.05) is 20.8 Å². The number of alkyl carbamates (subject to hydrolysis) is 1. The third-order valence-electron chi connectivity index (χ3n) is 1.85. The van der Waals surface area contributed by atoms with Crippen molar-refractivity contribution >= 4 is 6.09 Å². The van der Waals surface area contributed by atoms with E-state index in [0.717, 1.165) is 0 Å². The minimum absolute atomic E-state index is 0.420. The number of nitrogens with zero attached hydrogens (tertiary/aromatic N) is 2. The van der Waals surface area contributed by atoms with Gasteiger partial charge >= 0.3 is 6.09 Å². The molecule has 6 nitrogen and oxygen atoms in total. The summed E-state index contributed by atoms with van der Waals surface area (Å²) >= 11 is 0. The molecule has 0 saturated heterocycles. The van der Waals surface area contributed by atoms with Crippen LogP contribution in [0.5, 0.6) is 5.75 Å². The molecule has 1 rings (SSSR count). The monoisotopic (exact) mass is 241 g/mol. The average molecular weight is 241 g/mol. The fourth-order valence-electron chi connectivity index (χ4n) is 1.16. The average Bonchev–Trinajstić information content (AvgIpc) is 2.63. The largest absolute Gasteiger partial charge is 0.493 e. The smallest absolute Gasteiger partial charge is 0.407 e. The van der Waals surface area contributed by atoms with E-state index < -0.39 is 11.7 Å². The highest BCUT2D eigenvalue weighted by Gasteiger charge is 2.15. The quantitative estimate of drug-likeness (QED) is 0.865. The van der Waals surface area contributed by atoms with Gasteiger partial charge in [-0.25, -0.2) is 4.79 Å². The van der Waals surface area contributed by atoms with Crippen molar-refractivity contribution in [2.75, 3.05) is 13.7 Å². The first-order chi connectivity index (χ1) is 7.90. The Morgan fingerprint density at radius 1 is 1.53 bits per heavy atom. The van der Waals surface area contributed by atoms with Crippen molar-refractivity contribution in [3.8, 4) is 5.75 Å². The van der Waals surface area contributed by atoms with Gasteiger partial charge in [0, 0.05) is 6.54 Å². The molecule has 6 heteroatoms. The van der Waals surface area contributed by atoms with Crippen LogP contribution in [0.25, 0.3) is 0 Å². The first kappa shape index (κ1) is 13.3. The van der Waals surface area contributed by atoms with Gasteiger partial charge in [-0.1, -0.05) is 0 Å². The van der Waals surface area contributed by atoms with E-state index >= 15 is 0 Å². The summed E-state index contributed by atoms with van der Waals surface area (Å²) in [6, 6.07) is 0. The fourth-order valence-corrected chi connectivity index (χ4v) is 1.16. The van der Waals surface area contributed by atoms with Crippen LogP contribution in [0, 0.1) is 0 Å². The van der Waals surface area contributed by atoms with E-state index in [1.165, 1.54) is 0 Å². The molecule has 0 aliphatic heterocycles. The van der Waals surface area contributed by atoms with Crippen LogP contribution >= 0.6 is 0 Å². The highest BCUT2D eigenvalue weighted by Crippen LogP contribution is 2.07. The number of aromatic nitrogens is 2. The molecule has 17 heavy (non-hydrogen) atoms. The zero-order chi connectivity index (χ0) is 12.9. The van der Waals surface area contributed by atoms with Crippen molar-refractivity contribution in [3.63, 3.8) is 0 Å². The number of nitrogens with one attached hydrogen (secondary N) is 1. The van der Waals surface area contributed by atoms with Crippen molar-refractivity contribution in [2.24, 2.45) is 0 Å². The van der Waals surface area contributed by atoms with Gasteiger partial charge < -0.3 is 14.8 Å². The first-order valence-corrected chi connectivity index (χ1v) is 5.44. The van der Waals surface area contributed by atoms with Gasteiger partial charge in [0.25, 0.3) is 0 Å². The second-order valence-corrected chi connectivity index (χ2v) is 4.57. The summed E-state index contributed by atoms with van der Waals surface area (Å²) in [5, 5.41) is 6.71. The van der Waals surface area contributed by atoms with Gasteiger partial charge in [-0.05, 0) is 20.8 Å². The Morgan fingerprint density at radius 2 is 2.24 bits per heavy atom. The number of carbonyl (C=O) groups excluding carboxylic acids is 1. The third-order valence-corrected chi connectivity index (χ3v) is 1.85. The van der Waals surface area contributed by atoms with Crippen molar-refractivity contribution in [2.45, 2.75) is 32.9 Å². The lowest BCUT2D eigenvalue weighted by Crippen LogP contribution is -2.34. The van der Waals surface area contributed by atoms with Gasteiger partial charge in [0.05, 0.1) is 26.0 Å². The molecule has 0 atom stereocenters. The number of hydrogen-bond donors (Lipinski definition) is 1. The SMILES string of the molecule is COc1cnn(CCNC(=O)OC(C)(C)C)c1. The standard InChI is InChI=1S/C11H19N3O3/c1-11(2,3)17-10(15)12-5-6-14-8-9(16-4)7-13-14/h7-8H,5-6H2,1-4H3,(H,12,15). The zero-order valence-electron chi connectivity index (χ0n) is 10.7.